The Morgan fingerprint density at radius 1 is 0.508 bits per heavy atom. The number of esters is 2. The van der Waals surface area contributed by atoms with Crippen LogP contribution >= 0.6 is 0 Å². The first-order valence-electron chi connectivity index (χ1n) is 22.7. The number of likely N-dealkylation sites (N-methyl/N-ethyl adjacent to an activating group) is 1. The molecule has 336 valence electrons. The summed E-state index contributed by atoms with van der Waals surface area (Å²) in [6.45, 7) is 4.45. The Bertz CT molecular complexity index is 1240. The molecule has 0 fully saturated rings. The maximum Gasteiger partial charge on any atom is 0.306 e. The molecule has 0 aliphatic carbocycles. The molecule has 0 aromatic rings. The molecule has 0 aromatic carbocycles. The Balaban J connectivity index is 4.50. The Hall–Kier alpha value is -3.53. The second-order valence-corrected chi connectivity index (χ2v) is 15.9. The molecule has 0 bridgehead atoms. The maximum atomic E-state index is 12.8. The SMILES string of the molecule is CC/C=C\C/C=C\C/C=C\C/C=C\CCCCCCC(=O)OC(COC(=O)CCCCCCCCC/C=C\C/C=C\C/C=C\CC)COC(OCC[N+](C)(C)C)C(=O)[O-]. The van der Waals surface area contributed by atoms with Crippen LogP contribution in [-0.4, -0.2) is 82.3 Å². The van der Waals surface area contributed by atoms with E-state index < -0.39 is 24.3 Å². The van der Waals surface area contributed by atoms with Gasteiger partial charge in [0.05, 0.1) is 40.3 Å². The Kier molecular flexibility index (Phi) is 38.7. The highest BCUT2D eigenvalue weighted by molar-refractivity contribution is 5.70. The molecular weight excluding hydrogens is 743 g/mol. The summed E-state index contributed by atoms with van der Waals surface area (Å²) in [5.74, 6) is -2.34. The topological polar surface area (TPSA) is 111 Å². The van der Waals surface area contributed by atoms with Crippen molar-refractivity contribution in [3.05, 3.63) is 85.1 Å². The van der Waals surface area contributed by atoms with Crippen LogP contribution in [0.15, 0.2) is 85.1 Å². The number of hydrogen-bond donors (Lipinski definition) is 0. The third-order valence-electron chi connectivity index (χ3n) is 9.14. The number of allylic oxidation sites excluding steroid dienone is 14. The van der Waals surface area contributed by atoms with Gasteiger partial charge < -0.3 is 33.3 Å². The molecule has 9 heteroatoms. The van der Waals surface area contributed by atoms with Gasteiger partial charge in [0.2, 0.25) is 0 Å². The average Bonchev–Trinajstić information content (AvgIpc) is 3.19. The highest BCUT2D eigenvalue weighted by atomic mass is 16.7. The fourth-order valence-corrected chi connectivity index (χ4v) is 5.66. The van der Waals surface area contributed by atoms with Gasteiger partial charge in [-0.25, -0.2) is 0 Å². The number of carboxylic acid groups (broad SMARTS) is 1. The molecular formula is C50H83NO8. The van der Waals surface area contributed by atoms with Gasteiger partial charge in [0.15, 0.2) is 12.4 Å². The summed E-state index contributed by atoms with van der Waals surface area (Å²) in [4.78, 5) is 37.0. The molecule has 0 amide bonds. The summed E-state index contributed by atoms with van der Waals surface area (Å²) in [5.41, 5.74) is 0. The molecule has 0 radical (unpaired) electrons. The van der Waals surface area contributed by atoms with Gasteiger partial charge in [-0.2, -0.15) is 0 Å². The molecule has 2 unspecified atom stereocenters. The summed E-state index contributed by atoms with van der Waals surface area (Å²) in [7, 11) is 5.89. The molecule has 0 N–H and O–H groups in total. The van der Waals surface area contributed by atoms with Crippen molar-refractivity contribution in [2.45, 2.75) is 167 Å². The minimum Gasteiger partial charge on any atom is -0.545 e. The molecule has 0 aliphatic rings. The predicted octanol–water partition coefficient (Wildman–Crippen LogP) is 10.8. The Labute approximate surface area is 359 Å². The van der Waals surface area contributed by atoms with Gasteiger partial charge in [0, 0.05) is 12.8 Å². The largest absolute Gasteiger partial charge is 0.545 e. The number of rotatable bonds is 40. The van der Waals surface area contributed by atoms with Gasteiger partial charge >= 0.3 is 11.9 Å². The number of nitrogens with zero attached hydrogens (tertiary/aromatic N) is 1. The van der Waals surface area contributed by atoms with Crippen molar-refractivity contribution in [2.24, 2.45) is 0 Å². The lowest BCUT2D eigenvalue weighted by molar-refractivity contribution is -0.870. The third kappa shape index (κ3) is 42.4. The normalized spacial score (nSPS) is 13.7. The smallest absolute Gasteiger partial charge is 0.306 e. The molecule has 0 aliphatic heterocycles. The highest BCUT2D eigenvalue weighted by Crippen LogP contribution is 2.12. The Morgan fingerprint density at radius 3 is 1.36 bits per heavy atom. The quantitative estimate of drug-likeness (QED) is 0.0197. The number of aliphatic carboxylic acids is 1. The predicted molar refractivity (Wildman–Crippen MR) is 241 cm³/mol. The van der Waals surface area contributed by atoms with Crippen LogP contribution < -0.4 is 5.11 Å². The first kappa shape index (κ1) is 55.5. The molecule has 0 rings (SSSR count). The molecule has 0 spiro atoms. The number of carboxylic acids is 1. The van der Waals surface area contributed by atoms with E-state index in [-0.39, 0.29) is 38.6 Å². The second-order valence-electron chi connectivity index (χ2n) is 15.9. The van der Waals surface area contributed by atoms with E-state index in [1.54, 1.807) is 0 Å². The summed E-state index contributed by atoms with van der Waals surface area (Å²) >= 11 is 0. The number of carbonyl (C=O) groups is 3. The van der Waals surface area contributed by atoms with E-state index in [0.29, 0.717) is 17.4 Å². The molecule has 59 heavy (non-hydrogen) atoms. The lowest BCUT2D eigenvalue weighted by Crippen LogP contribution is -2.44. The van der Waals surface area contributed by atoms with Gasteiger partial charge in [-0.1, -0.05) is 144 Å². The van der Waals surface area contributed by atoms with Crippen LogP contribution in [0.1, 0.15) is 155 Å². The number of hydrogen-bond acceptors (Lipinski definition) is 8. The van der Waals surface area contributed by atoms with Gasteiger partial charge in [-0.3, -0.25) is 9.59 Å². The van der Waals surface area contributed by atoms with Crippen LogP contribution in [0.2, 0.25) is 0 Å². The van der Waals surface area contributed by atoms with Crippen molar-refractivity contribution in [3.63, 3.8) is 0 Å². The van der Waals surface area contributed by atoms with E-state index in [2.05, 4.69) is 98.9 Å². The van der Waals surface area contributed by atoms with Gasteiger partial charge in [0.1, 0.15) is 13.2 Å². The van der Waals surface area contributed by atoms with E-state index in [9.17, 15) is 19.5 Å². The lowest BCUT2D eigenvalue weighted by atomic mass is 10.1. The van der Waals surface area contributed by atoms with E-state index in [0.717, 1.165) is 103 Å². The van der Waals surface area contributed by atoms with Crippen LogP contribution in [0.3, 0.4) is 0 Å². The van der Waals surface area contributed by atoms with E-state index in [4.69, 9.17) is 18.9 Å². The first-order chi connectivity index (χ1) is 28.6. The molecule has 0 aromatic heterocycles. The van der Waals surface area contributed by atoms with Gasteiger partial charge in [0.25, 0.3) is 0 Å². The first-order valence-corrected chi connectivity index (χ1v) is 22.7. The number of carbonyl (C=O) groups excluding carboxylic acids is 3. The van der Waals surface area contributed by atoms with E-state index >= 15 is 0 Å². The monoisotopic (exact) mass is 826 g/mol. The van der Waals surface area contributed by atoms with Crippen LogP contribution in [-0.2, 0) is 33.3 Å². The molecule has 0 saturated heterocycles. The van der Waals surface area contributed by atoms with Crippen LogP contribution in [0.25, 0.3) is 0 Å². The zero-order valence-electron chi connectivity index (χ0n) is 37.8. The average molecular weight is 826 g/mol. The van der Waals surface area contributed by atoms with E-state index in [1.807, 2.05) is 21.1 Å². The van der Waals surface area contributed by atoms with Gasteiger partial charge in [-0.15, -0.1) is 0 Å². The summed E-state index contributed by atoms with van der Waals surface area (Å²) < 4.78 is 22.5. The van der Waals surface area contributed by atoms with Crippen molar-refractivity contribution in [1.82, 2.24) is 0 Å². The zero-order valence-corrected chi connectivity index (χ0v) is 37.8. The van der Waals surface area contributed by atoms with Crippen molar-refractivity contribution >= 4 is 17.9 Å². The number of unbranched alkanes of at least 4 members (excludes halogenated alkanes) is 11. The minimum absolute atomic E-state index is 0.136. The summed E-state index contributed by atoms with van der Waals surface area (Å²) in [6.07, 6.45) is 48.9. The molecule has 0 heterocycles. The van der Waals surface area contributed by atoms with E-state index in [1.165, 1.54) is 19.3 Å². The second kappa shape index (κ2) is 41.2. The zero-order chi connectivity index (χ0) is 43.5. The Morgan fingerprint density at radius 2 is 0.915 bits per heavy atom. The number of quaternary nitrogens is 1. The molecule has 9 nitrogen and oxygen atoms in total. The van der Waals surface area contributed by atoms with Crippen molar-refractivity contribution in [2.75, 3.05) is 47.5 Å². The van der Waals surface area contributed by atoms with Crippen molar-refractivity contribution in [3.8, 4) is 0 Å². The summed E-state index contributed by atoms with van der Waals surface area (Å²) in [6, 6.07) is 0. The fourth-order valence-electron chi connectivity index (χ4n) is 5.66. The fraction of sp³-hybridized carbons (Fsp3) is 0.660. The van der Waals surface area contributed by atoms with Gasteiger partial charge in [-0.05, 0) is 83.5 Å². The highest BCUT2D eigenvalue weighted by Gasteiger charge is 2.21. The third-order valence-corrected chi connectivity index (χ3v) is 9.14. The van der Waals surface area contributed by atoms with Crippen LogP contribution in [0, 0.1) is 0 Å². The number of ether oxygens (including phenoxy) is 4. The minimum atomic E-state index is -1.63. The van der Waals surface area contributed by atoms with Crippen LogP contribution in [0.4, 0.5) is 0 Å². The molecule has 0 saturated carbocycles. The standard InChI is InChI=1S/C50H83NO8/c1-6-8-10-12-14-16-18-20-22-24-26-28-30-32-34-36-38-40-47(52)57-44-46(45-58-50(49(54)55)56-43-42-51(3,4)5)59-48(53)41-39-37-35-33-31-29-27-25-23-21-19-17-15-13-11-9-7-2/h8-11,14-17,20-23,27,29,46,50H,6-7,12-13,18-19,24-26,28,30-45H2,1-5H3/b10-8-,11-9-,16-14-,17-15-,22-20-,23-21-,29-27-. The maximum absolute atomic E-state index is 12.8. The van der Waals surface area contributed by atoms with Crippen molar-refractivity contribution < 1.29 is 42.9 Å². The molecule has 2 atom stereocenters. The lowest BCUT2D eigenvalue weighted by Gasteiger charge is -2.26. The van der Waals surface area contributed by atoms with Crippen LogP contribution in [0.5, 0.6) is 0 Å². The summed E-state index contributed by atoms with van der Waals surface area (Å²) in [5, 5.41) is 11.7. The van der Waals surface area contributed by atoms with Crippen molar-refractivity contribution in [1.29, 1.82) is 0 Å².